The summed E-state index contributed by atoms with van der Waals surface area (Å²) < 4.78 is 14.3. The summed E-state index contributed by atoms with van der Waals surface area (Å²) in [5, 5.41) is 0.518. The first-order chi connectivity index (χ1) is 12.0. The van der Waals surface area contributed by atoms with E-state index in [-0.39, 0.29) is 24.7 Å². The topological polar surface area (TPSA) is 65.8 Å². The molecular formula is C18H16ClFN4O. The first-order valence-electron chi connectivity index (χ1n) is 7.70. The van der Waals surface area contributed by atoms with Gasteiger partial charge in [-0.15, -0.1) is 0 Å². The molecule has 0 spiro atoms. The molecule has 0 fully saturated rings. The van der Waals surface area contributed by atoms with Gasteiger partial charge in [-0.2, -0.15) is 0 Å². The summed E-state index contributed by atoms with van der Waals surface area (Å²) in [7, 11) is 0. The van der Waals surface area contributed by atoms with Crippen LogP contribution in [-0.2, 0) is 4.79 Å². The molecule has 0 atom stereocenters. The second kappa shape index (κ2) is 7.55. The van der Waals surface area contributed by atoms with E-state index in [1.165, 1.54) is 13.0 Å². The van der Waals surface area contributed by atoms with E-state index >= 15 is 0 Å². The lowest BCUT2D eigenvalue weighted by atomic mass is 10.0. The fourth-order valence-corrected chi connectivity index (χ4v) is 2.61. The Morgan fingerprint density at radius 3 is 2.80 bits per heavy atom. The van der Waals surface area contributed by atoms with Gasteiger partial charge < -0.3 is 5.43 Å². The zero-order chi connectivity index (χ0) is 17.8. The van der Waals surface area contributed by atoms with E-state index in [1.54, 1.807) is 36.4 Å². The number of fused-ring (bicyclic) bond motifs is 1. The second-order valence-electron chi connectivity index (χ2n) is 5.55. The van der Waals surface area contributed by atoms with Crippen molar-refractivity contribution in [3.63, 3.8) is 0 Å². The minimum absolute atomic E-state index is 0.00977. The highest BCUT2D eigenvalue weighted by molar-refractivity contribution is 6.31. The van der Waals surface area contributed by atoms with E-state index in [0.717, 1.165) is 0 Å². The van der Waals surface area contributed by atoms with Crippen LogP contribution in [0, 0.1) is 5.82 Å². The Morgan fingerprint density at radius 1 is 1.24 bits per heavy atom. The number of nitrogens with zero attached hydrogens (tertiary/aromatic N) is 2. The van der Waals surface area contributed by atoms with Crippen LogP contribution in [0.25, 0.3) is 0 Å². The Labute approximate surface area is 149 Å². The van der Waals surface area contributed by atoms with Gasteiger partial charge in [-0.3, -0.25) is 9.79 Å². The highest BCUT2D eigenvalue weighted by Crippen LogP contribution is 2.28. The zero-order valence-corrected chi connectivity index (χ0v) is 14.3. The number of nitrogens with one attached hydrogen (secondary N) is 2. The number of carbonyl (C=O) groups is 1. The van der Waals surface area contributed by atoms with Crippen molar-refractivity contribution in [2.24, 2.45) is 9.98 Å². The average molecular weight is 359 g/mol. The van der Waals surface area contributed by atoms with Gasteiger partial charge in [0.2, 0.25) is 0 Å². The highest BCUT2D eigenvalue weighted by Gasteiger charge is 2.19. The number of hydrogen-bond acceptors (Lipinski definition) is 5. The highest BCUT2D eigenvalue weighted by atomic mass is 35.5. The van der Waals surface area contributed by atoms with E-state index in [4.69, 9.17) is 11.6 Å². The summed E-state index contributed by atoms with van der Waals surface area (Å²) >= 11 is 6.11. The minimum Gasteiger partial charge on any atom is -0.307 e. The molecule has 0 amide bonds. The van der Waals surface area contributed by atoms with E-state index in [1.807, 2.05) is 0 Å². The van der Waals surface area contributed by atoms with Gasteiger partial charge in [-0.25, -0.2) is 14.8 Å². The first-order valence-corrected chi connectivity index (χ1v) is 8.07. The molecule has 0 radical (unpaired) electrons. The zero-order valence-electron chi connectivity index (χ0n) is 13.5. The second-order valence-corrected chi connectivity index (χ2v) is 5.98. The normalized spacial score (nSPS) is 13.4. The number of hydrazine groups is 1. The number of aliphatic imine (C=N–C) groups is 2. The van der Waals surface area contributed by atoms with Gasteiger partial charge in [0.1, 0.15) is 17.4 Å². The fourth-order valence-electron chi connectivity index (χ4n) is 2.44. The minimum atomic E-state index is -0.363. The Bertz CT molecular complexity index is 879. The van der Waals surface area contributed by atoms with Crippen LogP contribution in [-0.4, -0.2) is 30.4 Å². The molecular weight excluding hydrogens is 343 g/mol. The molecule has 0 bridgehead atoms. The summed E-state index contributed by atoms with van der Waals surface area (Å²) in [5.41, 5.74) is 7.82. The van der Waals surface area contributed by atoms with Crippen LogP contribution >= 0.6 is 11.6 Å². The summed E-state index contributed by atoms with van der Waals surface area (Å²) in [4.78, 5) is 20.1. The number of ketones is 1. The van der Waals surface area contributed by atoms with Crippen LogP contribution in [0.2, 0.25) is 5.02 Å². The maximum Gasteiger partial charge on any atom is 0.145 e. The third-order valence-electron chi connectivity index (χ3n) is 3.56. The maximum atomic E-state index is 14.3. The summed E-state index contributed by atoms with van der Waals surface area (Å²) in [6.45, 7) is 1.85. The fraction of sp³-hybridized carbons (Fsp3) is 0.167. The monoisotopic (exact) mass is 358 g/mol. The number of carbonyl (C=O) groups excluding carboxylic acids is 1. The largest absolute Gasteiger partial charge is 0.307 e. The van der Waals surface area contributed by atoms with Crippen molar-refractivity contribution < 1.29 is 9.18 Å². The van der Waals surface area contributed by atoms with Crippen LogP contribution in [0.15, 0.2) is 52.4 Å². The lowest BCUT2D eigenvalue weighted by Gasteiger charge is -2.09. The number of Topliss-reactive ketones (excluding diaryl/α,β-unsaturated/α-hetero) is 1. The average Bonchev–Trinajstić information content (AvgIpc) is 2.74. The lowest BCUT2D eigenvalue weighted by molar-refractivity contribution is -0.116. The number of rotatable bonds is 4. The predicted molar refractivity (Wildman–Crippen MR) is 97.3 cm³/mol. The molecule has 1 aliphatic rings. The van der Waals surface area contributed by atoms with Gasteiger partial charge in [0, 0.05) is 16.1 Å². The van der Waals surface area contributed by atoms with Crippen LogP contribution in [0.4, 0.5) is 10.1 Å². The summed E-state index contributed by atoms with van der Waals surface area (Å²) in [5.74, 6) is 0.152. The van der Waals surface area contributed by atoms with Gasteiger partial charge in [0.15, 0.2) is 0 Å². The van der Waals surface area contributed by atoms with Crippen molar-refractivity contribution in [2.75, 3.05) is 13.1 Å². The molecule has 2 N–H and O–H groups in total. The van der Waals surface area contributed by atoms with Crippen LogP contribution in [0.3, 0.4) is 0 Å². The third-order valence-corrected chi connectivity index (χ3v) is 3.79. The molecule has 5 nitrogen and oxygen atoms in total. The number of amidine groups is 1. The molecule has 7 heteroatoms. The molecule has 1 aliphatic heterocycles. The molecule has 2 aromatic carbocycles. The van der Waals surface area contributed by atoms with Crippen molar-refractivity contribution in [3.8, 4) is 0 Å². The first kappa shape index (κ1) is 17.3. The molecule has 0 aromatic heterocycles. The van der Waals surface area contributed by atoms with Gasteiger partial charge >= 0.3 is 0 Å². The lowest BCUT2D eigenvalue weighted by Crippen LogP contribution is -2.41. The van der Waals surface area contributed by atoms with E-state index in [9.17, 15) is 9.18 Å². The molecule has 0 aliphatic carbocycles. The van der Waals surface area contributed by atoms with Gasteiger partial charge in [-0.05, 0) is 37.3 Å². The van der Waals surface area contributed by atoms with E-state index in [2.05, 4.69) is 20.8 Å². The van der Waals surface area contributed by atoms with Crippen molar-refractivity contribution in [2.45, 2.75) is 6.92 Å². The Hall–Kier alpha value is -2.57. The summed E-state index contributed by atoms with van der Waals surface area (Å²) in [6.07, 6.45) is 0. The van der Waals surface area contributed by atoms with Crippen molar-refractivity contribution in [1.29, 1.82) is 0 Å². The predicted octanol–water partition coefficient (Wildman–Crippen LogP) is 3.04. The van der Waals surface area contributed by atoms with Crippen molar-refractivity contribution >= 4 is 34.6 Å². The van der Waals surface area contributed by atoms with Crippen LogP contribution < -0.4 is 10.9 Å². The molecule has 2 aromatic rings. The maximum absolute atomic E-state index is 14.3. The molecule has 0 saturated carbocycles. The Kier molecular flexibility index (Phi) is 5.21. The number of benzene rings is 2. The molecule has 25 heavy (non-hydrogen) atoms. The quantitative estimate of drug-likeness (QED) is 0.825. The molecule has 0 unspecified atom stereocenters. The Morgan fingerprint density at radius 2 is 2.04 bits per heavy atom. The third kappa shape index (κ3) is 4.10. The van der Waals surface area contributed by atoms with Crippen LogP contribution in [0.1, 0.15) is 18.1 Å². The van der Waals surface area contributed by atoms with Gasteiger partial charge in [0.25, 0.3) is 0 Å². The van der Waals surface area contributed by atoms with Gasteiger partial charge in [0.05, 0.1) is 24.5 Å². The molecule has 3 rings (SSSR count). The standard InChI is InChI=1S/C18H16ClFN4O/c1-11(25)9-22-24-17-10-21-18(13-4-2-3-5-15(13)20)14-8-12(19)6-7-16(14)23-17/h2-8,22H,9-10H2,1H3,(H,23,24). The number of hydrogen-bond donors (Lipinski definition) is 2. The van der Waals surface area contributed by atoms with Crippen LogP contribution in [0.5, 0.6) is 0 Å². The van der Waals surface area contributed by atoms with Crippen molar-refractivity contribution in [1.82, 2.24) is 10.9 Å². The molecule has 0 saturated heterocycles. The number of halogens is 2. The van der Waals surface area contributed by atoms with Crippen molar-refractivity contribution in [3.05, 3.63) is 64.4 Å². The smallest absolute Gasteiger partial charge is 0.145 e. The Balaban J connectivity index is 2.00. The summed E-state index contributed by atoms with van der Waals surface area (Å²) in [6, 6.07) is 11.6. The van der Waals surface area contributed by atoms with E-state index < -0.39 is 0 Å². The molecule has 1 heterocycles. The van der Waals surface area contributed by atoms with E-state index in [0.29, 0.717) is 33.4 Å². The SMILES string of the molecule is CC(=O)CNNC1=Nc2ccc(Cl)cc2C(c2ccccc2F)=NC1. The van der Waals surface area contributed by atoms with Gasteiger partial charge in [-0.1, -0.05) is 23.7 Å². The molecule has 128 valence electrons.